The van der Waals surface area contributed by atoms with E-state index in [0.29, 0.717) is 0 Å². The maximum atomic E-state index is 12.5. The van der Waals surface area contributed by atoms with Gasteiger partial charge in [-0.1, -0.05) is 0 Å². The van der Waals surface area contributed by atoms with Gasteiger partial charge in [0.2, 0.25) is 0 Å². The van der Waals surface area contributed by atoms with Crippen LogP contribution in [0.4, 0.5) is 5.69 Å². The van der Waals surface area contributed by atoms with Crippen LogP contribution in [0.1, 0.15) is 50.0 Å². The minimum Gasteiger partial charge on any atom is -0.478 e. The molecule has 2 aromatic rings. The molecule has 1 amide bonds. The average molecular weight is 346 g/mol. The zero-order chi connectivity index (χ0) is 17.3. The molecule has 1 heterocycles. The lowest BCUT2D eigenvalue weighted by Gasteiger charge is -2.23. The summed E-state index contributed by atoms with van der Waals surface area (Å²) in [6, 6.07) is 5.01. The summed E-state index contributed by atoms with van der Waals surface area (Å²) in [5.74, 6) is -1.82. The Morgan fingerprint density at radius 1 is 1.29 bits per heavy atom. The van der Waals surface area contributed by atoms with E-state index in [1.54, 1.807) is 11.3 Å². The van der Waals surface area contributed by atoms with E-state index in [2.05, 4.69) is 5.32 Å². The maximum absolute atomic E-state index is 12.5. The third-order valence-corrected chi connectivity index (χ3v) is 4.99. The molecule has 1 aliphatic rings. The van der Waals surface area contributed by atoms with Crippen LogP contribution in [0, 0.1) is 10.1 Å². The molecule has 0 spiro atoms. The Hall–Kier alpha value is -2.74. The highest BCUT2D eigenvalue weighted by Gasteiger charge is 2.24. The second-order valence-electron chi connectivity index (χ2n) is 5.55. The third kappa shape index (κ3) is 3.13. The van der Waals surface area contributed by atoms with Gasteiger partial charge in [0.15, 0.2) is 0 Å². The Balaban J connectivity index is 1.88. The molecule has 8 heteroatoms. The summed E-state index contributed by atoms with van der Waals surface area (Å²) in [6.07, 6.45) is 2.73. The van der Waals surface area contributed by atoms with Crippen molar-refractivity contribution in [2.75, 3.05) is 0 Å². The molecule has 24 heavy (non-hydrogen) atoms. The number of carbonyl (C=O) groups is 2. The zero-order valence-electron chi connectivity index (χ0n) is 12.5. The smallest absolute Gasteiger partial charge is 0.335 e. The second-order valence-corrected chi connectivity index (χ2v) is 6.55. The van der Waals surface area contributed by atoms with E-state index < -0.39 is 22.5 Å². The minimum atomic E-state index is -1.31. The number of thiophene rings is 1. The highest BCUT2D eigenvalue weighted by molar-refractivity contribution is 7.10. The molecule has 1 atom stereocenters. The fourth-order valence-corrected chi connectivity index (χ4v) is 3.84. The predicted molar refractivity (Wildman–Crippen MR) is 87.5 cm³/mol. The zero-order valence-corrected chi connectivity index (χ0v) is 13.3. The Bertz CT molecular complexity index is 797. The highest BCUT2D eigenvalue weighted by Crippen LogP contribution is 2.33. The van der Waals surface area contributed by atoms with Crippen LogP contribution in [0.25, 0.3) is 0 Å². The number of nitro groups is 1. The van der Waals surface area contributed by atoms with Crippen molar-refractivity contribution in [3.8, 4) is 0 Å². The summed E-state index contributed by atoms with van der Waals surface area (Å²) < 4.78 is 0. The fraction of sp³-hybridized carbons (Fsp3) is 0.250. The van der Waals surface area contributed by atoms with Crippen molar-refractivity contribution in [2.24, 2.45) is 0 Å². The Kier molecular flexibility index (Phi) is 4.30. The standard InChI is InChI=1S/C16H14N2O5S/c19-15(17-13-2-1-3-14-12(13)4-5-24-14)9-6-10(16(20)21)8-11(7-9)18(22)23/h4-8,13H,1-3H2,(H,17,19)(H,20,21). The van der Waals surface area contributed by atoms with Crippen LogP contribution in [0.15, 0.2) is 29.6 Å². The number of rotatable bonds is 4. The summed E-state index contributed by atoms with van der Waals surface area (Å²) >= 11 is 1.65. The third-order valence-electron chi connectivity index (χ3n) is 3.99. The van der Waals surface area contributed by atoms with Gasteiger partial charge >= 0.3 is 5.97 Å². The molecule has 1 aromatic heterocycles. The van der Waals surface area contributed by atoms with Crippen molar-refractivity contribution in [3.05, 3.63) is 61.3 Å². The first-order valence-corrected chi connectivity index (χ1v) is 8.23. The van der Waals surface area contributed by atoms with E-state index in [-0.39, 0.29) is 17.2 Å². The number of hydrogen-bond acceptors (Lipinski definition) is 5. The molecule has 0 saturated carbocycles. The number of fused-ring (bicyclic) bond motifs is 1. The lowest BCUT2D eigenvalue weighted by atomic mass is 9.93. The first-order chi connectivity index (χ1) is 11.5. The largest absolute Gasteiger partial charge is 0.478 e. The molecule has 1 unspecified atom stereocenters. The Morgan fingerprint density at radius 2 is 2.04 bits per heavy atom. The number of carbonyl (C=O) groups excluding carboxylic acids is 1. The molecule has 2 N–H and O–H groups in total. The van der Waals surface area contributed by atoms with Crippen LogP contribution in [0.3, 0.4) is 0 Å². The lowest BCUT2D eigenvalue weighted by molar-refractivity contribution is -0.384. The number of hydrogen-bond donors (Lipinski definition) is 2. The van der Waals surface area contributed by atoms with Crippen molar-refractivity contribution in [1.82, 2.24) is 5.32 Å². The van der Waals surface area contributed by atoms with Crippen LogP contribution in [-0.2, 0) is 6.42 Å². The van der Waals surface area contributed by atoms with Gasteiger partial charge in [-0.2, -0.15) is 0 Å². The molecule has 0 saturated heterocycles. The normalized spacial score (nSPS) is 16.2. The molecule has 1 aromatic carbocycles. The summed E-state index contributed by atoms with van der Waals surface area (Å²) in [6.45, 7) is 0. The number of benzene rings is 1. The Morgan fingerprint density at radius 3 is 2.75 bits per heavy atom. The van der Waals surface area contributed by atoms with Crippen molar-refractivity contribution in [1.29, 1.82) is 0 Å². The summed E-state index contributed by atoms with van der Waals surface area (Å²) in [5, 5.41) is 24.9. The molecular formula is C16H14N2O5S. The number of carboxylic acid groups (broad SMARTS) is 1. The van der Waals surface area contributed by atoms with Gasteiger partial charge in [0.25, 0.3) is 11.6 Å². The number of nitrogens with zero attached hydrogens (tertiary/aromatic N) is 1. The predicted octanol–water partition coefficient (Wildman–Crippen LogP) is 3.16. The maximum Gasteiger partial charge on any atom is 0.335 e. The molecule has 124 valence electrons. The Labute approximate surface area is 141 Å². The average Bonchev–Trinajstić information content (AvgIpc) is 3.04. The number of amides is 1. The molecule has 0 fully saturated rings. The topological polar surface area (TPSA) is 110 Å². The van der Waals surface area contributed by atoms with Crippen LogP contribution in [0.5, 0.6) is 0 Å². The van der Waals surface area contributed by atoms with Gasteiger partial charge < -0.3 is 10.4 Å². The number of non-ortho nitro benzene ring substituents is 1. The number of aromatic carboxylic acids is 1. The van der Waals surface area contributed by atoms with Crippen molar-refractivity contribution < 1.29 is 19.6 Å². The molecule has 3 rings (SSSR count). The molecule has 0 bridgehead atoms. The second kappa shape index (κ2) is 6.40. The minimum absolute atomic E-state index is 0.0241. The van der Waals surface area contributed by atoms with Crippen LogP contribution >= 0.6 is 11.3 Å². The van der Waals surface area contributed by atoms with Crippen LogP contribution in [-0.4, -0.2) is 21.9 Å². The van der Waals surface area contributed by atoms with Crippen molar-refractivity contribution in [3.63, 3.8) is 0 Å². The number of carboxylic acids is 1. The van der Waals surface area contributed by atoms with E-state index in [0.717, 1.165) is 43.0 Å². The molecule has 7 nitrogen and oxygen atoms in total. The monoisotopic (exact) mass is 346 g/mol. The molecular weight excluding hydrogens is 332 g/mol. The van der Waals surface area contributed by atoms with Crippen LogP contribution < -0.4 is 5.32 Å². The van der Waals surface area contributed by atoms with Gasteiger partial charge in [-0.3, -0.25) is 14.9 Å². The summed E-state index contributed by atoms with van der Waals surface area (Å²) in [4.78, 5) is 35.1. The highest BCUT2D eigenvalue weighted by atomic mass is 32.1. The van der Waals surface area contributed by atoms with E-state index in [1.807, 2.05) is 11.4 Å². The van der Waals surface area contributed by atoms with Crippen molar-refractivity contribution in [2.45, 2.75) is 25.3 Å². The fourth-order valence-electron chi connectivity index (χ4n) is 2.85. The van der Waals surface area contributed by atoms with Crippen molar-refractivity contribution >= 4 is 28.9 Å². The van der Waals surface area contributed by atoms with Gasteiger partial charge in [-0.05, 0) is 42.3 Å². The molecule has 0 aliphatic heterocycles. The SMILES string of the molecule is O=C(O)c1cc(C(=O)NC2CCCc3sccc32)cc([N+](=O)[O-])c1. The summed E-state index contributed by atoms with van der Waals surface area (Å²) in [7, 11) is 0. The van der Waals surface area contributed by atoms with Gasteiger partial charge in [0, 0.05) is 22.6 Å². The van der Waals surface area contributed by atoms with E-state index >= 15 is 0 Å². The van der Waals surface area contributed by atoms with Gasteiger partial charge in [-0.25, -0.2) is 4.79 Å². The van der Waals surface area contributed by atoms with E-state index in [9.17, 15) is 19.7 Å². The molecule has 0 radical (unpaired) electrons. The van der Waals surface area contributed by atoms with Gasteiger partial charge in [0.1, 0.15) is 0 Å². The number of aryl methyl sites for hydroxylation is 1. The number of nitrogens with one attached hydrogen (secondary N) is 1. The quantitative estimate of drug-likeness (QED) is 0.653. The molecule has 1 aliphatic carbocycles. The first kappa shape index (κ1) is 16.1. The first-order valence-electron chi connectivity index (χ1n) is 7.35. The van der Waals surface area contributed by atoms with E-state index in [1.165, 1.54) is 4.88 Å². The van der Waals surface area contributed by atoms with Gasteiger partial charge in [0.05, 0.1) is 16.5 Å². The van der Waals surface area contributed by atoms with Crippen LogP contribution in [0.2, 0.25) is 0 Å². The van der Waals surface area contributed by atoms with Gasteiger partial charge in [-0.15, -0.1) is 11.3 Å². The summed E-state index contributed by atoms with van der Waals surface area (Å²) in [5.41, 5.74) is 0.349. The van der Waals surface area contributed by atoms with E-state index in [4.69, 9.17) is 5.11 Å². The lowest BCUT2D eigenvalue weighted by Crippen LogP contribution is -2.30. The number of nitro benzene ring substituents is 1.